The second kappa shape index (κ2) is 11.9. The molecular formula is C28H27BrN2O6S. The molecule has 1 aliphatic rings. The monoisotopic (exact) mass is 598 g/mol. The molecule has 8 nitrogen and oxygen atoms in total. The molecule has 0 N–H and O–H groups in total. The molecular weight excluding hydrogens is 572 g/mol. The van der Waals surface area contributed by atoms with Gasteiger partial charge in [0.25, 0.3) is 5.56 Å². The lowest BCUT2D eigenvalue weighted by atomic mass is 9.96. The number of hydrogen-bond acceptors (Lipinski definition) is 8. The molecule has 0 fully saturated rings. The fourth-order valence-electron chi connectivity index (χ4n) is 4.03. The van der Waals surface area contributed by atoms with E-state index in [9.17, 15) is 14.4 Å². The largest absolute Gasteiger partial charge is 0.481 e. The first kappa shape index (κ1) is 27.5. The molecule has 2 aromatic carbocycles. The van der Waals surface area contributed by atoms with Crippen molar-refractivity contribution >= 4 is 45.3 Å². The van der Waals surface area contributed by atoms with Gasteiger partial charge in [0.1, 0.15) is 5.75 Å². The second-order valence-electron chi connectivity index (χ2n) is 8.73. The van der Waals surface area contributed by atoms with E-state index in [1.807, 2.05) is 30.3 Å². The van der Waals surface area contributed by atoms with E-state index in [-0.39, 0.29) is 24.9 Å². The van der Waals surface area contributed by atoms with Crippen molar-refractivity contribution in [2.45, 2.75) is 39.8 Å². The molecule has 4 rings (SSSR count). The molecule has 0 amide bonds. The Morgan fingerprint density at radius 1 is 1.18 bits per heavy atom. The minimum absolute atomic E-state index is 0.204. The average molecular weight is 600 g/mol. The van der Waals surface area contributed by atoms with E-state index in [0.717, 1.165) is 11.1 Å². The molecule has 0 bridgehead atoms. The van der Waals surface area contributed by atoms with Gasteiger partial charge in [0.2, 0.25) is 0 Å². The Morgan fingerprint density at radius 3 is 2.58 bits per heavy atom. The van der Waals surface area contributed by atoms with Crippen LogP contribution in [0.3, 0.4) is 0 Å². The third kappa shape index (κ3) is 5.97. The number of nitrogens with zero attached hydrogens (tertiary/aromatic N) is 2. The van der Waals surface area contributed by atoms with Gasteiger partial charge in [0.05, 0.1) is 39.0 Å². The Kier molecular flexibility index (Phi) is 8.63. The maximum atomic E-state index is 13.7. The third-order valence-corrected chi connectivity index (χ3v) is 7.21. The number of benzene rings is 2. The first-order chi connectivity index (χ1) is 18.2. The number of hydrogen-bond donors (Lipinski definition) is 0. The lowest BCUT2D eigenvalue weighted by Crippen LogP contribution is -2.40. The zero-order valence-electron chi connectivity index (χ0n) is 21.4. The summed E-state index contributed by atoms with van der Waals surface area (Å²) in [4.78, 5) is 43.5. The topological polar surface area (TPSA) is 96.2 Å². The highest BCUT2D eigenvalue weighted by Crippen LogP contribution is 2.31. The third-order valence-electron chi connectivity index (χ3n) is 5.60. The Morgan fingerprint density at radius 2 is 1.92 bits per heavy atom. The van der Waals surface area contributed by atoms with Crippen LogP contribution in [-0.4, -0.2) is 35.8 Å². The van der Waals surface area contributed by atoms with E-state index in [2.05, 4.69) is 20.9 Å². The van der Waals surface area contributed by atoms with Crippen molar-refractivity contribution in [1.29, 1.82) is 0 Å². The minimum atomic E-state index is -0.661. The maximum Gasteiger partial charge on any atom is 0.344 e. The van der Waals surface area contributed by atoms with Gasteiger partial charge in [-0.2, -0.15) is 0 Å². The van der Waals surface area contributed by atoms with Gasteiger partial charge in [-0.15, -0.1) is 0 Å². The summed E-state index contributed by atoms with van der Waals surface area (Å²) in [6.07, 6.45) is 1.45. The lowest BCUT2D eigenvalue weighted by Gasteiger charge is -2.25. The van der Waals surface area contributed by atoms with Gasteiger partial charge in [-0.1, -0.05) is 47.7 Å². The van der Waals surface area contributed by atoms with E-state index in [0.29, 0.717) is 30.8 Å². The number of aromatic nitrogens is 1. The van der Waals surface area contributed by atoms with Crippen LogP contribution in [0.4, 0.5) is 0 Å². The fraction of sp³-hybridized carbons (Fsp3) is 0.286. The Bertz CT molecular complexity index is 1570. The van der Waals surface area contributed by atoms with Crippen LogP contribution in [-0.2, 0) is 19.1 Å². The Balaban J connectivity index is 1.75. The van der Waals surface area contributed by atoms with Crippen molar-refractivity contribution < 1.29 is 23.8 Å². The molecule has 0 aliphatic carbocycles. The smallest absolute Gasteiger partial charge is 0.344 e. The molecule has 38 heavy (non-hydrogen) atoms. The van der Waals surface area contributed by atoms with E-state index in [1.165, 1.54) is 11.3 Å². The van der Waals surface area contributed by atoms with Crippen molar-refractivity contribution in [3.63, 3.8) is 0 Å². The van der Waals surface area contributed by atoms with E-state index in [1.54, 1.807) is 56.5 Å². The summed E-state index contributed by atoms with van der Waals surface area (Å²) in [6.45, 7) is 7.14. The predicted molar refractivity (Wildman–Crippen MR) is 148 cm³/mol. The molecule has 3 aromatic rings. The Hall–Kier alpha value is -3.50. The molecule has 1 unspecified atom stereocenters. The van der Waals surface area contributed by atoms with Crippen LogP contribution in [0.2, 0.25) is 0 Å². The zero-order chi connectivity index (χ0) is 27.4. The van der Waals surface area contributed by atoms with Crippen LogP contribution >= 0.6 is 27.3 Å². The molecule has 0 spiro atoms. The van der Waals surface area contributed by atoms with Gasteiger partial charge in [0.15, 0.2) is 11.4 Å². The van der Waals surface area contributed by atoms with Crippen molar-refractivity contribution in [2.75, 3.05) is 13.2 Å². The normalized spacial score (nSPS) is 15.2. The summed E-state index contributed by atoms with van der Waals surface area (Å²) in [5.74, 6) is -0.471. The first-order valence-corrected chi connectivity index (χ1v) is 13.7. The highest BCUT2D eigenvalue weighted by Gasteiger charge is 2.33. The number of esters is 2. The lowest BCUT2D eigenvalue weighted by molar-refractivity contribution is -0.145. The van der Waals surface area contributed by atoms with Gasteiger partial charge in [-0.3, -0.25) is 9.36 Å². The van der Waals surface area contributed by atoms with Crippen LogP contribution < -0.4 is 19.6 Å². The summed E-state index contributed by atoms with van der Waals surface area (Å²) in [5.41, 5.74) is 2.13. The van der Waals surface area contributed by atoms with Crippen LogP contribution in [0.1, 0.15) is 44.9 Å². The summed E-state index contributed by atoms with van der Waals surface area (Å²) in [5, 5.41) is 0. The Labute approximate surface area is 232 Å². The standard InChI is InChI=1S/C28H27BrN2O6S/c1-5-35-23(32)15-36-21-12-11-18(13-20(21)29)14-22-26(33)31-25(19-9-7-6-8-10-19)24(27(34)37-16(2)3)17(4)30-28(31)38-22/h6-14,16,25H,5,15H2,1-4H3. The van der Waals surface area contributed by atoms with Crippen molar-refractivity contribution in [3.8, 4) is 5.75 Å². The number of thiazole rings is 1. The van der Waals surface area contributed by atoms with Crippen molar-refractivity contribution in [3.05, 3.63) is 95.1 Å². The fourth-order valence-corrected chi connectivity index (χ4v) is 5.58. The maximum absolute atomic E-state index is 13.7. The number of allylic oxidation sites excluding steroid dienone is 1. The molecule has 0 saturated heterocycles. The number of fused-ring (bicyclic) bond motifs is 1. The number of ether oxygens (including phenoxy) is 3. The number of rotatable bonds is 8. The average Bonchev–Trinajstić information content (AvgIpc) is 3.17. The SMILES string of the molecule is CCOC(=O)COc1ccc(C=c2sc3n(c2=O)C(c2ccccc2)C(C(=O)OC(C)C)=C(C)N=3)cc1Br. The van der Waals surface area contributed by atoms with Gasteiger partial charge in [-0.05, 0) is 73.0 Å². The molecule has 2 heterocycles. The molecule has 1 aliphatic heterocycles. The highest BCUT2D eigenvalue weighted by atomic mass is 79.9. The number of carbonyl (C=O) groups excluding carboxylic acids is 2. The van der Waals surface area contributed by atoms with Crippen LogP contribution in [0.15, 0.2) is 74.1 Å². The van der Waals surface area contributed by atoms with E-state index >= 15 is 0 Å². The summed E-state index contributed by atoms with van der Waals surface area (Å²) < 4.78 is 18.6. The van der Waals surface area contributed by atoms with Crippen LogP contribution in [0, 0.1) is 0 Å². The predicted octanol–water partition coefficient (Wildman–Crippen LogP) is 3.89. The second-order valence-corrected chi connectivity index (χ2v) is 10.6. The van der Waals surface area contributed by atoms with Gasteiger partial charge in [0, 0.05) is 0 Å². The van der Waals surface area contributed by atoms with Gasteiger partial charge < -0.3 is 14.2 Å². The van der Waals surface area contributed by atoms with Gasteiger partial charge in [-0.25, -0.2) is 14.6 Å². The molecule has 1 aromatic heterocycles. The number of halogens is 1. The molecule has 0 radical (unpaired) electrons. The summed E-state index contributed by atoms with van der Waals surface area (Å²) >= 11 is 4.71. The summed E-state index contributed by atoms with van der Waals surface area (Å²) in [6, 6.07) is 14.0. The van der Waals surface area contributed by atoms with E-state index in [4.69, 9.17) is 14.2 Å². The molecule has 1 atom stereocenters. The van der Waals surface area contributed by atoms with Crippen LogP contribution in [0.25, 0.3) is 6.08 Å². The molecule has 198 valence electrons. The molecule has 0 saturated carbocycles. The van der Waals surface area contributed by atoms with Crippen molar-refractivity contribution in [2.24, 2.45) is 4.99 Å². The first-order valence-electron chi connectivity index (χ1n) is 12.1. The van der Waals surface area contributed by atoms with Crippen molar-refractivity contribution in [1.82, 2.24) is 4.57 Å². The number of carbonyl (C=O) groups is 2. The van der Waals surface area contributed by atoms with Gasteiger partial charge >= 0.3 is 11.9 Å². The van der Waals surface area contributed by atoms with E-state index < -0.39 is 18.0 Å². The zero-order valence-corrected chi connectivity index (χ0v) is 23.8. The molecule has 10 heteroatoms. The highest BCUT2D eigenvalue weighted by molar-refractivity contribution is 9.10. The summed E-state index contributed by atoms with van der Waals surface area (Å²) in [7, 11) is 0. The quantitative estimate of drug-likeness (QED) is 0.365. The minimum Gasteiger partial charge on any atom is -0.481 e. The van der Waals surface area contributed by atoms with Crippen LogP contribution in [0.5, 0.6) is 5.75 Å².